The van der Waals surface area contributed by atoms with Crippen LogP contribution in [0.3, 0.4) is 0 Å². The summed E-state index contributed by atoms with van der Waals surface area (Å²) in [6.07, 6.45) is 0.0726. The number of aromatic nitrogens is 1. The van der Waals surface area contributed by atoms with Gasteiger partial charge in [-0.25, -0.2) is 0 Å². The summed E-state index contributed by atoms with van der Waals surface area (Å²) in [6.45, 7) is -0.560. The lowest BCUT2D eigenvalue weighted by Crippen LogP contribution is -2.23. The summed E-state index contributed by atoms with van der Waals surface area (Å²) in [5.74, 6) is 0. The minimum atomic E-state index is -1.29. The lowest BCUT2D eigenvalue weighted by molar-refractivity contribution is -0.0150. The average Bonchev–Trinajstić information content (AvgIpc) is 2.20. The summed E-state index contributed by atoms with van der Waals surface area (Å²) in [4.78, 5) is 3.73. The Balaban J connectivity index is 3.01. The van der Waals surface area contributed by atoms with E-state index in [1.54, 1.807) is 0 Å². The largest absolute Gasteiger partial charge is 0.397 e. The molecule has 1 aromatic rings. The van der Waals surface area contributed by atoms with E-state index in [0.29, 0.717) is 0 Å². The Morgan fingerprint density at radius 3 is 2.50 bits per heavy atom. The van der Waals surface area contributed by atoms with Crippen LogP contribution in [0, 0.1) is 0 Å². The molecule has 78 valence electrons. The van der Waals surface area contributed by atoms with Crippen LogP contribution in [0.1, 0.15) is 11.7 Å². The van der Waals surface area contributed by atoms with Crippen molar-refractivity contribution in [1.82, 2.24) is 4.98 Å². The van der Waals surface area contributed by atoms with Gasteiger partial charge < -0.3 is 26.8 Å². The third-order valence-electron chi connectivity index (χ3n) is 1.92. The number of hydrogen-bond acceptors (Lipinski definition) is 6. The first-order valence-corrected chi connectivity index (χ1v) is 4.03. The van der Waals surface area contributed by atoms with Crippen LogP contribution in [-0.2, 0) is 0 Å². The zero-order valence-electron chi connectivity index (χ0n) is 7.46. The topological polar surface area (TPSA) is 126 Å². The molecule has 0 aliphatic rings. The monoisotopic (exact) mass is 199 g/mol. The molecule has 0 aromatic carbocycles. The van der Waals surface area contributed by atoms with E-state index in [4.69, 9.17) is 16.6 Å². The van der Waals surface area contributed by atoms with Crippen molar-refractivity contribution in [2.24, 2.45) is 0 Å². The maximum atomic E-state index is 9.51. The molecular formula is C8H13N3O3. The zero-order chi connectivity index (χ0) is 10.7. The van der Waals surface area contributed by atoms with Crippen molar-refractivity contribution in [2.75, 3.05) is 18.1 Å². The number of anilines is 2. The van der Waals surface area contributed by atoms with Gasteiger partial charge in [-0.15, -0.1) is 0 Å². The molecule has 2 unspecified atom stereocenters. The molecule has 0 saturated carbocycles. The number of pyridine rings is 1. The molecule has 0 aliphatic heterocycles. The van der Waals surface area contributed by atoms with Crippen LogP contribution < -0.4 is 11.5 Å². The molecule has 0 fully saturated rings. The Morgan fingerprint density at radius 1 is 1.29 bits per heavy atom. The first kappa shape index (κ1) is 10.7. The lowest BCUT2D eigenvalue weighted by Gasteiger charge is -2.17. The standard InChI is InChI=1S/C8H13N3O3/c9-5-2-11-1-4(7(5)10)8(14)6(13)3-12/h1-2,6,8,12-14H,3,9H2,(H2,10,11). The second-order valence-electron chi connectivity index (χ2n) is 2.93. The van der Waals surface area contributed by atoms with Crippen molar-refractivity contribution in [3.63, 3.8) is 0 Å². The molecule has 1 rings (SSSR count). The smallest absolute Gasteiger partial charge is 0.111 e. The van der Waals surface area contributed by atoms with Gasteiger partial charge in [0.2, 0.25) is 0 Å². The summed E-state index contributed by atoms with van der Waals surface area (Å²) in [7, 11) is 0. The third-order valence-corrected chi connectivity index (χ3v) is 1.92. The fourth-order valence-electron chi connectivity index (χ4n) is 1.05. The van der Waals surface area contributed by atoms with Crippen molar-refractivity contribution < 1.29 is 15.3 Å². The lowest BCUT2D eigenvalue weighted by atomic mass is 10.0. The number of aliphatic hydroxyl groups excluding tert-OH is 3. The van der Waals surface area contributed by atoms with E-state index < -0.39 is 18.8 Å². The average molecular weight is 199 g/mol. The molecule has 0 aliphatic carbocycles. The molecule has 0 saturated heterocycles. The van der Waals surface area contributed by atoms with Crippen LogP contribution in [-0.4, -0.2) is 33.0 Å². The van der Waals surface area contributed by atoms with Crippen LogP contribution >= 0.6 is 0 Å². The summed E-state index contributed by atoms with van der Waals surface area (Å²) in [5.41, 5.74) is 11.6. The first-order chi connectivity index (χ1) is 6.57. The first-order valence-electron chi connectivity index (χ1n) is 4.03. The molecule has 2 atom stereocenters. The summed E-state index contributed by atoms with van der Waals surface area (Å²) < 4.78 is 0. The highest BCUT2D eigenvalue weighted by Gasteiger charge is 2.20. The molecule has 7 N–H and O–H groups in total. The maximum Gasteiger partial charge on any atom is 0.111 e. The van der Waals surface area contributed by atoms with E-state index in [-0.39, 0.29) is 16.9 Å². The Bertz CT molecular complexity index is 319. The quantitative estimate of drug-likeness (QED) is 0.409. The molecule has 0 radical (unpaired) electrons. The van der Waals surface area contributed by atoms with Gasteiger partial charge in [0.05, 0.1) is 24.2 Å². The van der Waals surface area contributed by atoms with Crippen molar-refractivity contribution in [2.45, 2.75) is 12.2 Å². The van der Waals surface area contributed by atoms with Crippen molar-refractivity contribution in [1.29, 1.82) is 0 Å². The predicted octanol–water partition coefficient (Wildman–Crippen LogP) is -1.37. The number of nitrogen functional groups attached to an aromatic ring is 2. The molecule has 1 aromatic heterocycles. The van der Waals surface area contributed by atoms with Gasteiger partial charge in [0.1, 0.15) is 12.2 Å². The number of hydrogen-bond donors (Lipinski definition) is 5. The van der Waals surface area contributed by atoms with Crippen LogP contribution in [0.4, 0.5) is 11.4 Å². The molecule has 6 nitrogen and oxygen atoms in total. The molecule has 6 heteroatoms. The van der Waals surface area contributed by atoms with Crippen LogP contribution in [0.25, 0.3) is 0 Å². The van der Waals surface area contributed by atoms with Crippen LogP contribution in [0.15, 0.2) is 12.4 Å². The zero-order valence-corrected chi connectivity index (χ0v) is 7.46. The van der Waals surface area contributed by atoms with E-state index in [0.717, 1.165) is 0 Å². The van der Waals surface area contributed by atoms with E-state index in [2.05, 4.69) is 4.98 Å². The Labute approximate surface area is 80.8 Å². The minimum Gasteiger partial charge on any atom is -0.397 e. The van der Waals surface area contributed by atoms with Gasteiger partial charge in [0.25, 0.3) is 0 Å². The van der Waals surface area contributed by atoms with E-state index in [9.17, 15) is 10.2 Å². The molecule has 0 spiro atoms. The Hall–Kier alpha value is -1.37. The van der Waals surface area contributed by atoms with Crippen molar-refractivity contribution >= 4 is 11.4 Å². The van der Waals surface area contributed by atoms with E-state index in [1.165, 1.54) is 12.4 Å². The van der Waals surface area contributed by atoms with Gasteiger partial charge in [0.15, 0.2) is 0 Å². The highest BCUT2D eigenvalue weighted by Crippen LogP contribution is 2.26. The third kappa shape index (κ3) is 1.92. The van der Waals surface area contributed by atoms with Crippen molar-refractivity contribution in [3.05, 3.63) is 18.0 Å². The SMILES string of the molecule is Nc1cncc(C(O)C(O)CO)c1N. The minimum absolute atomic E-state index is 0.167. The van der Waals surface area contributed by atoms with Gasteiger partial charge in [-0.2, -0.15) is 0 Å². The second-order valence-corrected chi connectivity index (χ2v) is 2.93. The van der Waals surface area contributed by atoms with E-state index >= 15 is 0 Å². The predicted molar refractivity (Wildman–Crippen MR) is 51.1 cm³/mol. The van der Waals surface area contributed by atoms with E-state index in [1.807, 2.05) is 0 Å². The Morgan fingerprint density at radius 2 is 1.93 bits per heavy atom. The van der Waals surface area contributed by atoms with Gasteiger partial charge in [0, 0.05) is 11.8 Å². The van der Waals surface area contributed by atoms with Gasteiger partial charge in [-0.3, -0.25) is 4.98 Å². The maximum absolute atomic E-state index is 9.51. The van der Waals surface area contributed by atoms with Crippen molar-refractivity contribution in [3.8, 4) is 0 Å². The second kappa shape index (κ2) is 4.23. The summed E-state index contributed by atoms with van der Waals surface area (Å²) in [6, 6.07) is 0. The number of nitrogens with zero attached hydrogens (tertiary/aromatic N) is 1. The molecule has 14 heavy (non-hydrogen) atoms. The molecular weight excluding hydrogens is 186 g/mol. The molecule has 1 heterocycles. The van der Waals surface area contributed by atoms with Gasteiger partial charge in [-0.05, 0) is 0 Å². The number of rotatable bonds is 3. The summed E-state index contributed by atoms with van der Waals surface area (Å²) in [5, 5.41) is 27.3. The Kier molecular flexibility index (Phi) is 3.23. The fourth-order valence-corrected chi connectivity index (χ4v) is 1.05. The van der Waals surface area contributed by atoms with Gasteiger partial charge >= 0.3 is 0 Å². The highest BCUT2D eigenvalue weighted by molar-refractivity contribution is 5.66. The fraction of sp³-hybridized carbons (Fsp3) is 0.375. The number of nitrogens with two attached hydrogens (primary N) is 2. The molecule has 0 bridgehead atoms. The van der Waals surface area contributed by atoms with Crippen LogP contribution in [0.5, 0.6) is 0 Å². The molecule has 0 amide bonds. The normalized spacial score (nSPS) is 15.1. The van der Waals surface area contributed by atoms with Gasteiger partial charge in [-0.1, -0.05) is 0 Å². The van der Waals surface area contributed by atoms with Crippen LogP contribution in [0.2, 0.25) is 0 Å². The number of aliphatic hydroxyl groups is 3. The summed E-state index contributed by atoms with van der Waals surface area (Å²) >= 11 is 0. The highest BCUT2D eigenvalue weighted by atomic mass is 16.4.